The molecule has 0 atom stereocenters. The third kappa shape index (κ3) is 2.04. The molecule has 0 amide bonds. The molecule has 1 N–H and O–H groups in total. The van der Waals surface area contributed by atoms with Crippen molar-refractivity contribution in [1.29, 1.82) is 0 Å². The van der Waals surface area contributed by atoms with E-state index in [1.807, 2.05) is 0 Å². The molecule has 0 aliphatic carbocycles. The van der Waals surface area contributed by atoms with Crippen molar-refractivity contribution in [3.05, 3.63) is 29.8 Å². The summed E-state index contributed by atoms with van der Waals surface area (Å²) in [5.41, 5.74) is 1.52. The van der Waals surface area contributed by atoms with Crippen LogP contribution >= 0.6 is 12.4 Å². The zero-order chi connectivity index (χ0) is 10.1. The van der Waals surface area contributed by atoms with Gasteiger partial charge in [0.05, 0.1) is 0 Å². The van der Waals surface area contributed by atoms with Crippen LogP contribution in [0, 0.1) is 0 Å². The summed E-state index contributed by atoms with van der Waals surface area (Å²) in [6, 6.07) is 8.46. The summed E-state index contributed by atoms with van der Waals surface area (Å²) < 4.78 is 6.22. The molecule has 16 heavy (non-hydrogen) atoms. The molecule has 1 aromatic carbocycles. The zero-order valence-electron chi connectivity index (χ0n) is 9.37. The van der Waals surface area contributed by atoms with Crippen LogP contribution in [0.25, 0.3) is 0 Å². The zero-order valence-corrected chi connectivity index (χ0v) is 10.2. The highest BCUT2D eigenvalue weighted by atomic mass is 35.5. The van der Waals surface area contributed by atoms with Gasteiger partial charge in [-0.2, -0.15) is 0 Å². The largest absolute Gasteiger partial charge is 0.487 e. The lowest BCUT2D eigenvalue weighted by molar-refractivity contribution is 0.0170. The van der Waals surface area contributed by atoms with Crippen molar-refractivity contribution in [2.24, 2.45) is 0 Å². The Morgan fingerprint density at radius 2 is 1.81 bits per heavy atom. The molecule has 2 aliphatic heterocycles. The molecule has 0 bridgehead atoms. The van der Waals surface area contributed by atoms with Crippen molar-refractivity contribution in [2.75, 3.05) is 13.1 Å². The topological polar surface area (TPSA) is 21.3 Å². The van der Waals surface area contributed by atoms with E-state index in [1.54, 1.807) is 0 Å². The minimum absolute atomic E-state index is 0. The van der Waals surface area contributed by atoms with E-state index in [2.05, 4.69) is 29.6 Å². The second kappa shape index (κ2) is 4.64. The Labute approximate surface area is 103 Å². The Bertz CT molecular complexity index is 361. The van der Waals surface area contributed by atoms with Crippen LogP contribution in [0.3, 0.4) is 0 Å². The summed E-state index contributed by atoms with van der Waals surface area (Å²) in [5, 5.41) is 3.40. The lowest BCUT2D eigenvalue weighted by Gasteiger charge is -2.41. The van der Waals surface area contributed by atoms with Crippen LogP contribution in [0.15, 0.2) is 24.3 Å². The third-order valence-electron chi connectivity index (χ3n) is 3.66. The van der Waals surface area contributed by atoms with Crippen molar-refractivity contribution in [2.45, 2.75) is 31.3 Å². The Kier molecular flexibility index (Phi) is 3.41. The SMILES string of the molecule is Cl.c1ccc2c(c1)CCC1(CCNCC1)O2. The molecule has 0 saturated carbocycles. The van der Waals surface area contributed by atoms with Crippen LogP contribution in [0.1, 0.15) is 24.8 Å². The quantitative estimate of drug-likeness (QED) is 0.752. The van der Waals surface area contributed by atoms with Crippen molar-refractivity contribution in [1.82, 2.24) is 5.32 Å². The number of fused-ring (bicyclic) bond motifs is 1. The first-order valence-corrected chi connectivity index (χ1v) is 5.86. The van der Waals surface area contributed by atoms with E-state index in [0.29, 0.717) is 0 Å². The molecule has 0 radical (unpaired) electrons. The molecule has 0 unspecified atom stereocenters. The van der Waals surface area contributed by atoms with E-state index in [1.165, 1.54) is 18.4 Å². The highest BCUT2D eigenvalue weighted by molar-refractivity contribution is 5.85. The average Bonchev–Trinajstić information content (AvgIpc) is 2.30. The minimum Gasteiger partial charge on any atom is -0.487 e. The molecule has 88 valence electrons. The number of para-hydroxylation sites is 1. The van der Waals surface area contributed by atoms with Crippen molar-refractivity contribution in [3.63, 3.8) is 0 Å². The monoisotopic (exact) mass is 239 g/mol. The first-order valence-electron chi connectivity index (χ1n) is 5.86. The first kappa shape index (κ1) is 11.7. The summed E-state index contributed by atoms with van der Waals surface area (Å²) in [5.74, 6) is 1.12. The number of ether oxygens (including phenoxy) is 1. The number of hydrogen-bond donors (Lipinski definition) is 1. The van der Waals surface area contributed by atoms with Gasteiger partial charge in [0, 0.05) is 0 Å². The predicted octanol–water partition coefficient (Wildman–Crippen LogP) is 2.56. The van der Waals surface area contributed by atoms with Gasteiger partial charge in [-0.15, -0.1) is 12.4 Å². The van der Waals surface area contributed by atoms with Gasteiger partial charge in [0.1, 0.15) is 11.4 Å². The smallest absolute Gasteiger partial charge is 0.123 e. The lowest BCUT2D eigenvalue weighted by Crippen LogP contribution is -2.48. The Balaban J connectivity index is 0.000000963. The number of benzene rings is 1. The van der Waals surface area contributed by atoms with E-state index in [-0.39, 0.29) is 18.0 Å². The third-order valence-corrected chi connectivity index (χ3v) is 3.66. The summed E-state index contributed by atoms with van der Waals surface area (Å²) in [7, 11) is 0. The highest BCUT2D eigenvalue weighted by Crippen LogP contribution is 2.37. The summed E-state index contributed by atoms with van der Waals surface area (Å²) in [4.78, 5) is 0. The maximum atomic E-state index is 6.22. The molecular weight excluding hydrogens is 222 g/mol. The molecule has 1 fully saturated rings. The van der Waals surface area contributed by atoms with E-state index in [0.717, 1.165) is 31.7 Å². The molecule has 1 saturated heterocycles. The first-order chi connectivity index (χ1) is 7.38. The molecule has 0 aromatic heterocycles. The average molecular weight is 240 g/mol. The number of piperidine rings is 1. The Morgan fingerprint density at radius 3 is 2.62 bits per heavy atom. The molecule has 3 rings (SSSR count). The van der Waals surface area contributed by atoms with Crippen LogP contribution in [0.4, 0.5) is 0 Å². The van der Waals surface area contributed by atoms with E-state index in [4.69, 9.17) is 4.74 Å². The number of halogens is 1. The number of hydrogen-bond acceptors (Lipinski definition) is 2. The maximum absolute atomic E-state index is 6.22. The van der Waals surface area contributed by atoms with Crippen molar-refractivity contribution >= 4 is 12.4 Å². The van der Waals surface area contributed by atoms with E-state index in [9.17, 15) is 0 Å². The number of rotatable bonds is 0. The van der Waals surface area contributed by atoms with Gasteiger partial charge in [0.2, 0.25) is 0 Å². The van der Waals surface area contributed by atoms with Crippen molar-refractivity contribution in [3.8, 4) is 5.75 Å². The highest BCUT2D eigenvalue weighted by Gasteiger charge is 2.37. The molecule has 1 spiro atoms. The van der Waals surface area contributed by atoms with Crippen LogP contribution < -0.4 is 10.1 Å². The molecule has 1 aromatic rings. The standard InChI is InChI=1S/C13H17NO.ClH/c1-2-4-12-11(3-1)5-6-13(15-12)7-9-14-10-8-13;/h1-4,14H,5-10H2;1H. The summed E-state index contributed by atoms with van der Waals surface area (Å²) >= 11 is 0. The molecule has 2 nitrogen and oxygen atoms in total. The molecule has 2 heterocycles. The minimum atomic E-state index is 0. The summed E-state index contributed by atoms with van der Waals surface area (Å²) in [6.45, 7) is 2.20. The second-order valence-electron chi connectivity index (χ2n) is 4.64. The summed E-state index contributed by atoms with van der Waals surface area (Å²) in [6.07, 6.45) is 4.67. The van der Waals surface area contributed by atoms with Gasteiger partial charge < -0.3 is 10.1 Å². The van der Waals surface area contributed by atoms with Gasteiger partial charge in [-0.05, 0) is 50.4 Å². The normalized spacial score (nSPS) is 21.8. The van der Waals surface area contributed by atoms with Crippen molar-refractivity contribution < 1.29 is 4.74 Å². The fraction of sp³-hybridized carbons (Fsp3) is 0.538. The van der Waals surface area contributed by atoms with E-state index < -0.39 is 0 Å². The van der Waals surface area contributed by atoms with Gasteiger partial charge in [0.25, 0.3) is 0 Å². The fourth-order valence-corrected chi connectivity index (χ4v) is 2.69. The second-order valence-corrected chi connectivity index (χ2v) is 4.64. The van der Waals surface area contributed by atoms with E-state index >= 15 is 0 Å². The van der Waals surface area contributed by atoms with Gasteiger partial charge in [-0.1, -0.05) is 18.2 Å². The Morgan fingerprint density at radius 1 is 1.06 bits per heavy atom. The molecular formula is C13H18ClNO. The number of nitrogens with one attached hydrogen (secondary N) is 1. The van der Waals surface area contributed by atoms with Crippen LogP contribution in [-0.2, 0) is 6.42 Å². The molecule has 2 aliphatic rings. The van der Waals surface area contributed by atoms with Gasteiger partial charge in [-0.25, -0.2) is 0 Å². The van der Waals surface area contributed by atoms with Crippen LogP contribution in [0.5, 0.6) is 5.75 Å². The predicted molar refractivity (Wildman–Crippen MR) is 67.5 cm³/mol. The van der Waals surface area contributed by atoms with Gasteiger partial charge >= 0.3 is 0 Å². The number of aryl methyl sites for hydroxylation is 1. The van der Waals surface area contributed by atoms with Crippen LogP contribution in [0.2, 0.25) is 0 Å². The molecule has 3 heteroatoms. The maximum Gasteiger partial charge on any atom is 0.123 e. The fourth-order valence-electron chi connectivity index (χ4n) is 2.69. The lowest BCUT2D eigenvalue weighted by atomic mass is 9.84. The van der Waals surface area contributed by atoms with Crippen LogP contribution in [-0.4, -0.2) is 18.7 Å². The Hall–Kier alpha value is -0.730. The van der Waals surface area contributed by atoms with Gasteiger partial charge in [0.15, 0.2) is 0 Å². The van der Waals surface area contributed by atoms with Gasteiger partial charge in [-0.3, -0.25) is 0 Å².